The Bertz CT molecular complexity index is 994. The lowest BCUT2D eigenvalue weighted by Gasteiger charge is -2.34. The summed E-state index contributed by atoms with van der Waals surface area (Å²) in [6.45, 7) is 0.530. The first kappa shape index (κ1) is 23.2. The molecule has 2 aromatic carbocycles. The van der Waals surface area contributed by atoms with Crippen molar-refractivity contribution in [3.05, 3.63) is 83.4 Å². The normalized spacial score (nSPS) is 21.0. The zero-order chi connectivity index (χ0) is 23.3. The second kappa shape index (κ2) is 10.3. The van der Waals surface area contributed by atoms with Crippen LogP contribution >= 0.6 is 0 Å². The Balaban J connectivity index is 1.47. The minimum Gasteiger partial charge on any atom is -0.465 e. The molecule has 33 heavy (non-hydrogen) atoms. The third kappa shape index (κ3) is 4.88. The van der Waals surface area contributed by atoms with Gasteiger partial charge >= 0.3 is 5.97 Å². The maximum absolute atomic E-state index is 12.6. The smallest absolute Gasteiger partial charge is 0.338 e. The second-order valence-electron chi connectivity index (χ2n) is 9.15. The summed E-state index contributed by atoms with van der Waals surface area (Å²) in [5, 5.41) is 11.3. The molecule has 5 nitrogen and oxygen atoms in total. The van der Waals surface area contributed by atoms with Gasteiger partial charge in [0.25, 0.3) is 0 Å². The Morgan fingerprint density at radius 2 is 1.85 bits per heavy atom. The number of aliphatic hydroxyl groups is 1. The van der Waals surface area contributed by atoms with Crippen LogP contribution in [0.5, 0.6) is 0 Å². The molecule has 0 aromatic heterocycles. The maximum atomic E-state index is 12.6. The third-order valence-electron chi connectivity index (χ3n) is 7.35. The van der Waals surface area contributed by atoms with E-state index in [1.807, 2.05) is 53.5 Å². The number of rotatable bonds is 8. The number of benzene rings is 2. The van der Waals surface area contributed by atoms with E-state index in [0.717, 1.165) is 37.7 Å². The zero-order valence-corrected chi connectivity index (χ0v) is 19.3. The average Bonchev–Trinajstić information content (AvgIpc) is 3.49. The summed E-state index contributed by atoms with van der Waals surface area (Å²) in [4.78, 5) is 26.5. The molecule has 0 bridgehead atoms. The fourth-order valence-corrected chi connectivity index (χ4v) is 5.48. The SMILES string of the molecule is COC(=O)c1ccccc1CCN1C(=O)CC[C@@H]1C=CC(O)C1(c2ccccc2)CCCC1. The lowest BCUT2D eigenvalue weighted by molar-refractivity contribution is -0.128. The monoisotopic (exact) mass is 447 g/mol. The van der Waals surface area contributed by atoms with E-state index in [4.69, 9.17) is 4.74 Å². The fourth-order valence-electron chi connectivity index (χ4n) is 5.48. The van der Waals surface area contributed by atoms with Crippen molar-refractivity contribution >= 4 is 11.9 Å². The number of likely N-dealkylation sites (tertiary alicyclic amines) is 1. The van der Waals surface area contributed by atoms with Gasteiger partial charge < -0.3 is 14.7 Å². The molecule has 1 amide bonds. The van der Waals surface area contributed by atoms with E-state index in [9.17, 15) is 14.7 Å². The highest BCUT2D eigenvalue weighted by Gasteiger charge is 2.41. The summed E-state index contributed by atoms with van der Waals surface area (Å²) in [6.07, 6.45) is 9.37. The standard InChI is InChI=1S/C28H33NO4/c1-33-27(32)24-12-6-5-9-21(24)17-20-29-23(14-16-26(29)31)13-15-25(30)28(18-7-8-19-28)22-10-3-2-4-11-22/h2-6,9-13,15,23,25,30H,7-8,14,16-20H2,1H3/t23-,25?/m0/s1. The summed E-state index contributed by atoms with van der Waals surface area (Å²) in [5.41, 5.74) is 2.37. The van der Waals surface area contributed by atoms with E-state index in [0.29, 0.717) is 24.9 Å². The van der Waals surface area contributed by atoms with Crippen LogP contribution in [0, 0.1) is 0 Å². The quantitative estimate of drug-likeness (QED) is 0.480. The van der Waals surface area contributed by atoms with E-state index in [1.54, 1.807) is 6.07 Å². The molecule has 1 saturated carbocycles. The van der Waals surface area contributed by atoms with Crippen LogP contribution in [0.25, 0.3) is 0 Å². The van der Waals surface area contributed by atoms with Crippen molar-refractivity contribution in [1.82, 2.24) is 4.90 Å². The minimum atomic E-state index is -0.583. The predicted molar refractivity (Wildman–Crippen MR) is 128 cm³/mol. The lowest BCUT2D eigenvalue weighted by Crippen LogP contribution is -2.37. The molecule has 1 unspecified atom stereocenters. The summed E-state index contributed by atoms with van der Waals surface area (Å²) in [7, 11) is 1.38. The summed E-state index contributed by atoms with van der Waals surface area (Å²) >= 11 is 0. The van der Waals surface area contributed by atoms with Crippen LogP contribution in [0.3, 0.4) is 0 Å². The molecule has 2 atom stereocenters. The van der Waals surface area contributed by atoms with Crippen molar-refractivity contribution in [3.8, 4) is 0 Å². The Morgan fingerprint density at radius 1 is 1.15 bits per heavy atom. The van der Waals surface area contributed by atoms with Gasteiger partial charge in [-0.2, -0.15) is 0 Å². The third-order valence-corrected chi connectivity index (χ3v) is 7.35. The molecule has 2 fully saturated rings. The first-order chi connectivity index (χ1) is 16.0. The minimum absolute atomic E-state index is 0.0355. The molecule has 1 N–H and O–H groups in total. The highest BCUT2D eigenvalue weighted by atomic mass is 16.5. The molecular weight excluding hydrogens is 414 g/mol. The van der Waals surface area contributed by atoms with Crippen molar-refractivity contribution in [2.24, 2.45) is 0 Å². The molecule has 4 rings (SSSR count). The van der Waals surface area contributed by atoms with Crippen molar-refractivity contribution in [1.29, 1.82) is 0 Å². The predicted octanol–water partition coefficient (Wildman–Crippen LogP) is 4.44. The van der Waals surface area contributed by atoms with Crippen molar-refractivity contribution in [3.63, 3.8) is 0 Å². The average molecular weight is 448 g/mol. The van der Waals surface area contributed by atoms with Crippen LogP contribution in [-0.4, -0.2) is 47.7 Å². The van der Waals surface area contributed by atoms with Crippen LogP contribution in [0.4, 0.5) is 0 Å². The Hall–Kier alpha value is -2.92. The van der Waals surface area contributed by atoms with Crippen molar-refractivity contribution < 1.29 is 19.4 Å². The van der Waals surface area contributed by atoms with E-state index in [-0.39, 0.29) is 23.3 Å². The van der Waals surface area contributed by atoms with Gasteiger partial charge in [0, 0.05) is 18.4 Å². The van der Waals surface area contributed by atoms with Gasteiger partial charge in [-0.1, -0.05) is 73.5 Å². The molecule has 5 heteroatoms. The van der Waals surface area contributed by atoms with Crippen LogP contribution < -0.4 is 0 Å². The topological polar surface area (TPSA) is 66.8 Å². The summed E-state index contributed by atoms with van der Waals surface area (Å²) < 4.78 is 4.89. The van der Waals surface area contributed by atoms with Crippen molar-refractivity contribution in [2.45, 2.75) is 62.5 Å². The molecule has 0 spiro atoms. The van der Waals surface area contributed by atoms with Gasteiger partial charge in [0.2, 0.25) is 5.91 Å². The van der Waals surface area contributed by atoms with Gasteiger partial charge in [-0.3, -0.25) is 4.79 Å². The van der Waals surface area contributed by atoms with Crippen LogP contribution in [-0.2, 0) is 21.4 Å². The summed E-state index contributed by atoms with van der Waals surface area (Å²) in [6, 6.07) is 17.7. The van der Waals surface area contributed by atoms with Crippen molar-refractivity contribution in [2.75, 3.05) is 13.7 Å². The number of ether oxygens (including phenoxy) is 1. The van der Waals surface area contributed by atoms with E-state index >= 15 is 0 Å². The van der Waals surface area contributed by atoms with E-state index in [2.05, 4.69) is 12.1 Å². The summed E-state index contributed by atoms with van der Waals surface area (Å²) in [5.74, 6) is -0.242. The molecule has 0 radical (unpaired) electrons. The van der Waals surface area contributed by atoms with Gasteiger partial charge in [-0.25, -0.2) is 4.79 Å². The fraction of sp³-hybridized carbons (Fsp3) is 0.429. The zero-order valence-electron chi connectivity index (χ0n) is 19.3. The number of aliphatic hydroxyl groups excluding tert-OH is 1. The molecule has 2 aromatic rings. The largest absolute Gasteiger partial charge is 0.465 e. The number of amides is 1. The molecule has 1 heterocycles. The Labute approximate surface area is 196 Å². The van der Waals surface area contributed by atoms with Gasteiger partial charge in [0.1, 0.15) is 0 Å². The van der Waals surface area contributed by atoms with E-state index in [1.165, 1.54) is 12.7 Å². The van der Waals surface area contributed by atoms with Crippen LogP contribution in [0.15, 0.2) is 66.7 Å². The first-order valence-electron chi connectivity index (χ1n) is 11.9. The number of methoxy groups -OCH3 is 1. The number of esters is 1. The van der Waals surface area contributed by atoms with E-state index < -0.39 is 6.10 Å². The molecule has 1 aliphatic heterocycles. The Kier molecular flexibility index (Phi) is 7.29. The first-order valence-corrected chi connectivity index (χ1v) is 11.9. The molecule has 1 saturated heterocycles. The number of carbonyl (C=O) groups excluding carboxylic acids is 2. The molecule has 2 aliphatic rings. The number of hydrogen-bond donors (Lipinski definition) is 1. The van der Waals surface area contributed by atoms with Gasteiger partial charge in [-0.05, 0) is 42.9 Å². The number of nitrogens with zero attached hydrogens (tertiary/aromatic N) is 1. The van der Waals surface area contributed by atoms with Crippen LogP contribution in [0.2, 0.25) is 0 Å². The van der Waals surface area contributed by atoms with Gasteiger partial charge in [0.05, 0.1) is 24.8 Å². The lowest BCUT2D eigenvalue weighted by atomic mass is 9.74. The van der Waals surface area contributed by atoms with Crippen LogP contribution in [0.1, 0.15) is 60.0 Å². The highest BCUT2D eigenvalue weighted by Crippen LogP contribution is 2.44. The molecular formula is C28H33NO4. The highest BCUT2D eigenvalue weighted by molar-refractivity contribution is 5.91. The maximum Gasteiger partial charge on any atom is 0.338 e. The Morgan fingerprint density at radius 3 is 2.58 bits per heavy atom. The molecule has 1 aliphatic carbocycles. The number of carbonyl (C=O) groups is 2. The molecule has 174 valence electrons. The van der Waals surface area contributed by atoms with Gasteiger partial charge in [0.15, 0.2) is 0 Å². The second-order valence-corrected chi connectivity index (χ2v) is 9.15. The number of hydrogen-bond acceptors (Lipinski definition) is 4. The van der Waals surface area contributed by atoms with Gasteiger partial charge in [-0.15, -0.1) is 0 Å².